The zero-order chi connectivity index (χ0) is 14.5. The Labute approximate surface area is 122 Å². The van der Waals surface area contributed by atoms with E-state index in [0.717, 1.165) is 11.4 Å². The molecule has 0 saturated carbocycles. The summed E-state index contributed by atoms with van der Waals surface area (Å²) in [6, 6.07) is 5.13. The molecule has 0 radical (unpaired) electrons. The summed E-state index contributed by atoms with van der Waals surface area (Å²) in [5.41, 5.74) is 2.77. The van der Waals surface area contributed by atoms with Crippen molar-refractivity contribution in [3.8, 4) is 0 Å². The topological polar surface area (TPSA) is 66.9 Å². The molecule has 20 heavy (non-hydrogen) atoms. The molecule has 0 aliphatic carbocycles. The lowest BCUT2D eigenvalue weighted by Gasteiger charge is -2.10. The average Bonchev–Trinajstić information content (AvgIpc) is 2.46. The molecular weight excluding hydrogens is 276 g/mol. The molecular formula is C14H15ClN4O. The SMILES string of the molecule is CNc1ccc(Cl)cc1C(=O)NCc1cnc(C)cn1. The maximum Gasteiger partial charge on any atom is 0.253 e. The van der Waals surface area contributed by atoms with Crippen molar-refractivity contribution in [3.63, 3.8) is 0 Å². The molecule has 2 N–H and O–H groups in total. The van der Waals surface area contributed by atoms with Gasteiger partial charge in [-0.2, -0.15) is 0 Å². The van der Waals surface area contributed by atoms with Crippen molar-refractivity contribution in [3.05, 3.63) is 52.6 Å². The van der Waals surface area contributed by atoms with Crippen LogP contribution >= 0.6 is 11.6 Å². The summed E-state index contributed by atoms with van der Waals surface area (Å²) >= 11 is 5.92. The molecule has 0 bridgehead atoms. The molecule has 0 saturated heterocycles. The van der Waals surface area contributed by atoms with Crippen molar-refractivity contribution >= 4 is 23.2 Å². The van der Waals surface area contributed by atoms with Crippen LogP contribution < -0.4 is 10.6 Å². The van der Waals surface area contributed by atoms with E-state index in [0.29, 0.717) is 22.8 Å². The lowest BCUT2D eigenvalue weighted by molar-refractivity contribution is 0.0951. The third kappa shape index (κ3) is 3.45. The number of aryl methyl sites for hydroxylation is 1. The van der Waals surface area contributed by atoms with Crippen LogP contribution in [0.3, 0.4) is 0 Å². The van der Waals surface area contributed by atoms with Crippen LogP contribution in [0.2, 0.25) is 5.02 Å². The van der Waals surface area contributed by atoms with Crippen molar-refractivity contribution in [2.45, 2.75) is 13.5 Å². The summed E-state index contributed by atoms with van der Waals surface area (Å²) < 4.78 is 0. The predicted molar refractivity (Wildman–Crippen MR) is 78.9 cm³/mol. The second kappa shape index (κ2) is 6.34. The predicted octanol–water partition coefficient (Wildman–Crippen LogP) is 2.41. The molecule has 0 aliphatic heterocycles. The Bertz CT molecular complexity index is 613. The van der Waals surface area contributed by atoms with Gasteiger partial charge in [0.15, 0.2) is 0 Å². The fraction of sp³-hybridized carbons (Fsp3) is 0.214. The van der Waals surface area contributed by atoms with E-state index >= 15 is 0 Å². The number of carbonyl (C=O) groups excluding carboxylic acids is 1. The van der Waals surface area contributed by atoms with Gasteiger partial charge in [-0.15, -0.1) is 0 Å². The van der Waals surface area contributed by atoms with E-state index in [2.05, 4.69) is 20.6 Å². The summed E-state index contributed by atoms with van der Waals surface area (Å²) in [5.74, 6) is -0.209. The minimum Gasteiger partial charge on any atom is -0.387 e. The number of hydrogen-bond acceptors (Lipinski definition) is 4. The lowest BCUT2D eigenvalue weighted by Crippen LogP contribution is -2.24. The van der Waals surface area contributed by atoms with E-state index in [1.54, 1.807) is 37.6 Å². The van der Waals surface area contributed by atoms with Crippen LogP contribution in [0.4, 0.5) is 5.69 Å². The Morgan fingerprint density at radius 2 is 2.10 bits per heavy atom. The first-order chi connectivity index (χ1) is 9.60. The third-order valence-electron chi connectivity index (χ3n) is 2.76. The molecule has 2 aromatic rings. The Kier molecular flexibility index (Phi) is 4.53. The van der Waals surface area contributed by atoms with Gasteiger partial charge >= 0.3 is 0 Å². The number of carbonyl (C=O) groups is 1. The van der Waals surface area contributed by atoms with Crippen LogP contribution in [0.5, 0.6) is 0 Å². The van der Waals surface area contributed by atoms with Gasteiger partial charge < -0.3 is 10.6 Å². The zero-order valence-electron chi connectivity index (χ0n) is 11.3. The molecule has 2 rings (SSSR count). The molecule has 1 amide bonds. The van der Waals surface area contributed by atoms with Gasteiger partial charge in [-0.25, -0.2) is 0 Å². The molecule has 1 aromatic heterocycles. The first kappa shape index (κ1) is 14.3. The van der Waals surface area contributed by atoms with Gasteiger partial charge in [-0.05, 0) is 25.1 Å². The van der Waals surface area contributed by atoms with Gasteiger partial charge in [-0.3, -0.25) is 14.8 Å². The van der Waals surface area contributed by atoms with Gasteiger partial charge in [0.2, 0.25) is 0 Å². The average molecular weight is 291 g/mol. The Balaban J connectivity index is 2.08. The summed E-state index contributed by atoms with van der Waals surface area (Å²) in [7, 11) is 1.76. The number of nitrogens with zero attached hydrogens (tertiary/aromatic N) is 2. The van der Waals surface area contributed by atoms with Crippen LogP contribution in [0.25, 0.3) is 0 Å². The largest absolute Gasteiger partial charge is 0.387 e. The minimum atomic E-state index is -0.209. The number of aromatic nitrogens is 2. The highest BCUT2D eigenvalue weighted by Gasteiger charge is 2.11. The summed E-state index contributed by atoms with van der Waals surface area (Å²) in [4.78, 5) is 20.5. The number of benzene rings is 1. The number of anilines is 1. The van der Waals surface area contributed by atoms with Gasteiger partial charge in [0, 0.05) is 24.0 Å². The van der Waals surface area contributed by atoms with Crippen LogP contribution in [0.1, 0.15) is 21.7 Å². The molecule has 5 nitrogen and oxygen atoms in total. The number of halogens is 1. The Morgan fingerprint density at radius 1 is 1.30 bits per heavy atom. The van der Waals surface area contributed by atoms with Gasteiger partial charge in [0.1, 0.15) is 0 Å². The molecule has 0 fully saturated rings. The molecule has 6 heteroatoms. The fourth-order valence-electron chi connectivity index (χ4n) is 1.70. The van der Waals surface area contributed by atoms with Crippen LogP contribution in [-0.2, 0) is 6.54 Å². The monoisotopic (exact) mass is 290 g/mol. The van der Waals surface area contributed by atoms with E-state index < -0.39 is 0 Å². The minimum absolute atomic E-state index is 0.209. The van der Waals surface area contributed by atoms with E-state index in [1.807, 2.05) is 6.92 Å². The van der Waals surface area contributed by atoms with Crippen LogP contribution in [0.15, 0.2) is 30.6 Å². The van der Waals surface area contributed by atoms with Crippen molar-refractivity contribution < 1.29 is 4.79 Å². The van der Waals surface area contributed by atoms with Crippen molar-refractivity contribution in [1.29, 1.82) is 0 Å². The first-order valence-electron chi connectivity index (χ1n) is 6.13. The third-order valence-corrected chi connectivity index (χ3v) is 3.00. The second-order valence-corrected chi connectivity index (χ2v) is 4.71. The van der Waals surface area contributed by atoms with Gasteiger partial charge in [-0.1, -0.05) is 11.6 Å². The fourth-order valence-corrected chi connectivity index (χ4v) is 1.87. The van der Waals surface area contributed by atoms with Crippen molar-refractivity contribution in [2.24, 2.45) is 0 Å². The number of hydrogen-bond donors (Lipinski definition) is 2. The molecule has 0 atom stereocenters. The molecule has 0 unspecified atom stereocenters. The highest BCUT2D eigenvalue weighted by Crippen LogP contribution is 2.20. The molecule has 104 valence electrons. The van der Waals surface area contributed by atoms with Gasteiger partial charge in [0.25, 0.3) is 5.91 Å². The lowest BCUT2D eigenvalue weighted by atomic mass is 10.1. The molecule has 0 aliphatic rings. The Morgan fingerprint density at radius 3 is 2.75 bits per heavy atom. The number of rotatable bonds is 4. The second-order valence-electron chi connectivity index (χ2n) is 4.27. The van der Waals surface area contributed by atoms with Crippen molar-refractivity contribution in [2.75, 3.05) is 12.4 Å². The molecule has 1 aromatic carbocycles. The summed E-state index contributed by atoms with van der Waals surface area (Å²) in [5, 5.41) is 6.28. The van der Waals surface area contributed by atoms with E-state index in [4.69, 9.17) is 11.6 Å². The number of nitrogens with one attached hydrogen (secondary N) is 2. The normalized spacial score (nSPS) is 10.2. The summed E-state index contributed by atoms with van der Waals surface area (Å²) in [6.07, 6.45) is 3.31. The molecule has 0 spiro atoms. The first-order valence-corrected chi connectivity index (χ1v) is 6.51. The van der Waals surface area contributed by atoms with E-state index in [-0.39, 0.29) is 5.91 Å². The van der Waals surface area contributed by atoms with E-state index in [9.17, 15) is 4.79 Å². The van der Waals surface area contributed by atoms with Crippen LogP contribution in [-0.4, -0.2) is 22.9 Å². The van der Waals surface area contributed by atoms with Crippen molar-refractivity contribution in [1.82, 2.24) is 15.3 Å². The smallest absolute Gasteiger partial charge is 0.253 e. The quantitative estimate of drug-likeness (QED) is 0.907. The van der Waals surface area contributed by atoms with E-state index in [1.165, 1.54) is 0 Å². The molecule has 1 heterocycles. The number of amides is 1. The summed E-state index contributed by atoms with van der Waals surface area (Å²) in [6.45, 7) is 2.18. The highest BCUT2D eigenvalue weighted by molar-refractivity contribution is 6.31. The van der Waals surface area contributed by atoms with Gasteiger partial charge in [0.05, 0.1) is 29.7 Å². The standard InChI is InChI=1S/C14H15ClN4O/c1-9-6-18-11(7-17-9)8-19-14(20)12-5-10(15)3-4-13(12)16-2/h3-7,16H,8H2,1-2H3,(H,19,20). The van der Waals surface area contributed by atoms with Crippen LogP contribution in [0, 0.1) is 6.92 Å². The Hall–Kier alpha value is -2.14. The maximum atomic E-state index is 12.2. The highest BCUT2D eigenvalue weighted by atomic mass is 35.5. The maximum absolute atomic E-state index is 12.2. The zero-order valence-corrected chi connectivity index (χ0v) is 12.0.